The van der Waals surface area contributed by atoms with Crippen molar-refractivity contribution in [2.75, 3.05) is 19.7 Å². The first-order valence-corrected chi connectivity index (χ1v) is 14.0. The Balaban J connectivity index is 2.81. The van der Waals surface area contributed by atoms with Gasteiger partial charge in [0.25, 0.3) is 11.9 Å². The summed E-state index contributed by atoms with van der Waals surface area (Å²) in [4.78, 5) is 73.7. The Labute approximate surface area is 250 Å². The molecule has 0 aliphatic carbocycles. The van der Waals surface area contributed by atoms with Crippen LogP contribution in [0.5, 0.6) is 0 Å². The van der Waals surface area contributed by atoms with Gasteiger partial charge >= 0.3 is 6.09 Å². The number of carbonyl (C=O) groups is 5. The molecule has 0 heterocycles. The Morgan fingerprint density at radius 2 is 1.63 bits per heavy atom. The van der Waals surface area contributed by atoms with Crippen LogP contribution in [-0.4, -0.2) is 78.4 Å². The SMILES string of the molecule is CCC(NC(=O)OCC(C)C)C(=O)NC(C)C(=O)NC(CCCN/C(N)=N/[N+](=O)[O-])C(=O)C(=O)NCCc1ccccc1. The number of Topliss-reactive ketones (excluding diaryl/α,β-unsaturated/α-hetero) is 1. The molecular formula is C27H42N8O8. The molecule has 0 aliphatic heterocycles. The van der Waals surface area contributed by atoms with Crippen molar-refractivity contribution < 1.29 is 33.7 Å². The van der Waals surface area contributed by atoms with Gasteiger partial charge in [-0.3, -0.25) is 19.2 Å². The molecular weight excluding hydrogens is 564 g/mol. The second-order valence-corrected chi connectivity index (χ2v) is 10.0. The van der Waals surface area contributed by atoms with Crippen molar-refractivity contribution >= 4 is 35.6 Å². The summed E-state index contributed by atoms with van der Waals surface area (Å²) >= 11 is 0. The number of hydrazone groups is 1. The molecule has 7 N–H and O–H groups in total. The first kappa shape index (κ1) is 36.3. The quantitative estimate of drug-likeness (QED) is 0.0325. The van der Waals surface area contributed by atoms with Gasteiger partial charge in [0.1, 0.15) is 17.2 Å². The second-order valence-electron chi connectivity index (χ2n) is 10.0. The molecule has 1 aromatic carbocycles. The molecule has 0 saturated heterocycles. The molecule has 4 amide bonds. The number of ketones is 1. The molecule has 16 heteroatoms. The van der Waals surface area contributed by atoms with E-state index in [0.29, 0.717) is 6.42 Å². The lowest BCUT2D eigenvalue weighted by atomic mass is 10.0. The fraction of sp³-hybridized carbons (Fsp3) is 0.556. The summed E-state index contributed by atoms with van der Waals surface area (Å²) in [7, 11) is 0. The van der Waals surface area contributed by atoms with Crippen molar-refractivity contribution in [2.24, 2.45) is 16.8 Å². The number of carbonyl (C=O) groups excluding carboxylic acids is 5. The standard InChI is InChI=1S/C27H42N8O8/c1-5-20(33-27(40)43-16-17(2)3)24(38)31-18(4)23(37)32-21(12-9-14-30-26(28)34-35(41)42)22(36)25(39)29-15-13-19-10-7-6-8-11-19/h6-8,10-11,17-18,20-21H,5,9,12-16H2,1-4H3,(H,29,39)(H,31,38)(H,32,37)(H,33,40)(H3,28,30,34). The minimum atomic E-state index is -1.27. The van der Waals surface area contributed by atoms with Gasteiger partial charge in [-0.25, -0.2) is 14.9 Å². The lowest BCUT2D eigenvalue weighted by Gasteiger charge is -2.23. The largest absolute Gasteiger partial charge is 0.449 e. The first-order chi connectivity index (χ1) is 20.3. The number of hydrogen-bond acceptors (Lipinski definition) is 8. The number of alkyl carbamates (subject to hydrolysis) is 1. The summed E-state index contributed by atoms with van der Waals surface area (Å²) < 4.78 is 5.03. The highest BCUT2D eigenvalue weighted by atomic mass is 16.7. The molecule has 0 aromatic heterocycles. The molecule has 0 aliphatic rings. The van der Waals surface area contributed by atoms with Crippen molar-refractivity contribution in [3.8, 4) is 0 Å². The van der Waals surface area contributed by atoms with Crippen LogP contribution in [0.25, 0.3) is 0 Å². The summed E-state index contributed by atoms with van der Waals surface area (Å²) in [6.45, 7) is 7.18. The van der Waals surface area contributed by atoms with Gasteiger partial charge in [-0.2, -0.15) is 0 Å². The maximum atomic E-state index is 13.0. The van der Waals surface area contributed by atoms with E-state index in [0.717, 1.165) is 5.56 Å². The maximum Gasteiger partial charge on any atom is 0.407 e. The molecule has 3 atom stereocenters. The fourth-order valence-electron chi connectivity index (χ4n) is 3.58. The molecule has 3 unspecified atom stereocenters. The molecule has 0 fully saturated rings. The highest BCUT2D eigenvalue weighted by Gasteiger charge is 2.29. The van der Waals surface area contributed by atoms with E-state index in [9.17, 15) is 34.1 Å². The summed E-state index contributed by atoms with van der Waals surface area (Å²) in [6, 6.07) is 5.93. The third kappa shape index (κ3) is 15.2. The van der Waals surface area contributed by atoms with Crippen LogP contribution in [0.1, 0.15) is 52.5 Å². The predicted octanol–water partition coefficient (Wildman–Crippen LogP) is -0.0591. The number of hydrogen-bond donors (Lipinski definition) is 6. The lowest BCUT2D eigenvalue weighted by Crippen LogP contribution is -2.56. The summed E-state index contributed by atoms with van der Waals surface area (Å²) in [5, 5.41) is 24.8. The zero-order valence-electron chi connectivity index (χ0n) is 24.9. The first-order valence-electron chi connectivity index (χ1n) is 14.0. The molecule has 0 saturated carbocycles. The number of nitrogens with two attached hydrogens (primary N) is 1. The number of nitro groups is 1. The number of guanidine groups is 1. The topological polar surface area (TPSA) is 236 Å². The smallest absolute Gasteiger partial charge is 0.407 e. The fourth-order valence-corrected chi connectivity index (χ4v) is 3.58. The average molecular weight is 607 g/mol. The number of nitrogens with zero attached hydrogens (tertiary/aromatic N) is 2. The molecule has 0 bridgehead atoms. The number of nitrogens with one attached hydrogen (secondary N) is 5. The van der Waals surface area contributed by atoms with Crippen LogP contribution >= 0.6 is 0 Å². The summed E-state index contributed by atoms with van der Waals surface area (Å²) in [5.74, 6) is -3.55. The monoisotopic (exact) mass is 606 g/mol. The Bertz CT molecular complexity index is 1130. The van der Waals surface area contributed by atoms with Crippen molar-refractivity contribution in [1.82, 2.24) is 26.6 Å². The zero-order valence-corrected chi connectivity index (χ0v) is 24.9. The average Bonchev–Trinajstić information content (AvgIpc) is 2.95. The lowest BCUT2D eigenvalue weighted by molar-refractivity contribution is -0.485. The van der Waals surface area contributed by atoms with Gasteiger partial charge in [0.05, 0.1) is 12.6 Å². The third-order valence-corrected chi connectivity index (χ3v) is 5.88. The van der Waals surface area contributed by atoms with Gasteiger partial charge in [0, 0.05) is 13.1 Å². The highest BCUT2D eigenvalue weighted by Crippen LogP contribution is 2.03. The maximum absolute atomic E-state index is 13.0. The Hall–Kier alpha value is -4.76. The number of benzene rings is 1. The second kappa shape index (κ2) is 19.4. The number of rotatable bonds is 18. The van der Waals surface area contributed by atoms with Crippen LogP contribution in [0.15, 0.2) is 35.4 Å². The molecule has 1 rings (SSSR count). The number of ether oxygens (including phenoxy) is 1. The van der Waals surface area contributed by atoms with Crippen LogP contribution in [-0.2, 0) is 30.3 Å². The van der Waals surface area contributed by atoms with E-state index in [-0.39, 0.29) is 44.9 Å². The van der Waals surface area contributed by atoms with Crippen LogP contribution in [0.3, 0.4) is 0 Å². The van der Waals surface area contributed by atoms with E-state index >= 15 is 0 Å². The van der Waals surface area contributed by atoms with E-state index in [4.69, 9.17) is 10.5 Å². The minimum Gasteiger partial charge on any atom is -0.449 e. The Kier molecular flexibility index (Phi) is 16.3. The molecule has 238 valence electrons. The van der Waals surface area contributed by atoms with Gasteiger partial charge in [0.2, 0.25) is 17.6 Å². The van der Waals surface area contributed by atoms with E-state index in [1.54, 1.807) is 6.92 Å². The van der Waals surface area contributed by atoms with Crippen molar-refractivity contribution in [2.45, 2.75) is 71.5 Å². The molecule has 16 nitrogen and oxygen atoms in total. The van der Waals surface area contributed by atoms with Gasteiger partial charge in [-0.15, -0.1) is 0 Å². The van der Waals surface area contributed by atoms with Gasteiger partial charge < -0.3 is 37.1 Å². The predicted molar refractivity (Wildman–Crippen MR) is 157 cm³/mol. The van der Waals surface area contributed by atoms with E-state index in [1.807, 2.05) is 44.2 Å². The molecule has 43 heavy (non-hydrogen) atoms. The van der Waals surface area contributed by atoms with Crippen LogP contribution in [0.2, 0.25) is 0 Å². The van der Waals surface area contributed by atoms with Gasteiger partial charge in [-0.1, -0.05) is 51.1 Å². The highest BCUT2D eigenvalue weighted by molar-refractivity contribution is 6.38. The van der Waals surface area contributed by atoms with Crippen molar-refractivity contribution in [3.05, 3.63) is 46.0 Å². The number of amides is 4. The minimum absolute atomic E-state index is 0.0308. The van der Waals surface area contributed by atoms with Crippen LogP contribution < -0.4 is 32.3 Å². The van der Waals surface area contributed by atoms with Crippen LogP contribution in [0, 0.1) is 16.0 Å². The van der Waals surface area contributed by atoms with Crippen molar-refractivity contribution in [1.29, 1.82) is 0 Å². The van der Waals surface area contributed by atoms with E-state index < -0.39 is 58.7 Å². The van der Waals surface area contributed by atoms with Gasteiger partial charge in [0.15, 0.2) is 5.03 Å². The van der Waals surface area contributed by atoms with E-state index in [1.165, 1.54) is 6.92 Å². The third-order valence-electron chi connectivity index (χ3n) is 5.88. The summed E-state index contributed by atoms with van der Waals surface area (Å²) in [5.41, 5.74) is 6.34. The molecule has 1 aromatic rings. The van der Waals surface area contributed by atoms with Crippen molar-refractivity contribution in [3.63, 3.8) is 0 Å². The van der Waals surface area contributed by atoms with Crippen LogP contribution in [0.4, 0.5) is 4.79 Å². The van der Waals surface area contributed by atoms with E-state index in [2.05, 4.69) is 31.7 Å². The Morgan fingerprint density at radius 3 is 2.23 bits per heavy atom. The Morgan fingerprint density at radius 1 is 0.953 bits per heavy atom. The summed E-state index contributed by atoms with van der Waals surface area (Å²) in [6.07, 6.45) is 0.0716. The molecule has 0 spiro atoms. The molecule has 0 radical (unpaired) electrons. The normalized spacial score (nSPS) is 13.2. The zero-order chi connectivity index (χ0) is 32.4. The van der Waals surface area contributed by atoms with Gasteiger partial charge in [-0.05, 0) is 44.1 Å².